The van der Waals surface area contributed by atoms with Gasteiger partial charge in [0.05, 0.1) is 5.92 Å². The van der Waals surface area contributed by atoms with Crippen molar-refractivity contribution in [2.75, 3.05) is 33.7 Å². The summed E-state index contributed by atoms with van der Waals surface area (Å²) in [7, 11) is 3.94. The Balaban J connectivity index is 2.42. The first-order chi connectivity index (χ1) is 9.31. The SMILES string of the molecule is CC(NC(=O)C1CC(=O)N(CCCN(C)C)C1)C(=O)O. The number of hydrogen-bond acceptors (Lipinski definition) is 4. The first-order valence-corrected chi connectivity index (χ1v) is 6.77. The number of hydrogen-bond donors (Lipinski definition) is 2. The minimum absolute atomic E-state index is 0.0353. The summed E-state index contributed by atoms with van der Waals surface area (Å²) in [6.07, 6.45) is 1.03. The molecule has 0 radical (unpaired) electrons. The van der Waals surface area contributed by atoms with Gasteiger partial charge in [-0.25, -0.2) is 0 Å². The Labute approximate surface area is 118 Å². The largest absolute Gasteiger partial charge is 0.480 e. The molecule has 1 aliphatic heterocycles. The average molecular weight is 285 g/mol. The van der Waals surface area contributed by atoms with E-state index in [1.165, 1.54) is 6.92 Å². The van der Waals surface area contributed by atoms with E-state index in [0.29, 0.717) is 13.1 Å². The Kier molecular flexibility index (Phi) is 5.94. The number of likely N-dealkylation sites (tertiary alicyclic amines) is 1. The predicted molar refractivity (Wildman–Crippen MR) is 73.1 cm³/mol. The first-order valence-electron chi connectivity index (χ1n) is 6.77. The van der Waals surface area contributed by atoms with Crippen molar-refractivity contribution in [2.45, 2.75) is 25.8 Å². The molecule has 114 valence electrons. The monoisotopic (exact) mass is 285 g/mol. The fourth-order valence-electron chi connectivity index (χ4n) is 2.13. The minimum atomic E-state index is -1.08. The molecule has 1 heterocycles. The third kappa shape index (κ3) is 4.80. The first kappa shape index (κ1) is 16.4. The molecule has 1 saturated heterocycles. The van der Waals surface area contributed by atoms with Gasteiger partial charge in [-0.3, -0.25) is 14.4 Å². The second-order valence-electron chi connectivity index (χ2n) is 5.47. The van der Waals surface area contributed by atoms with Crippen molar-refractivity contribution in [1.82, 2.24) is 15.1 Å². The van der Waals surface area contributed by atoms with E-state index in [0.717, 1.165) is 13.0 Å². The molecule has 1 fully saturated rings. The lowest BCUT2D eigenvalue weighted by Crippen LogP contribution is -2.42. The van der Waals surface area contributed by atoms with Crippen molar-refractivity contribution < 1.29 is 19.5 Å². The van der Waals surface area contributed by atoms with Gasteiger partial charge >= 0.3 is 5.97 Å². The van der Waals surface area contributed by atoms with Gasteiger partial charge in [0, 0.05) is 19.5 Å². The molecule has 0 saturated carbocycles. The maximum Gasteiger partial charge on any atom is 0.325 e. The van der Waals surface area contributed by atoms with Crippen LogP contribution in [0, 0.1) is 5.92 Å². The maximum absolute atomic E-state index is 11.9. The van der Waals surface area contributed by atoms with Gasteiger partial charge in [-0.1, -0.05) is 0 Å². The van der Waals surface area contributed by atoms with Crippen molar-refractivity contribution in [2.24, 2.45) is 5.92 Å². The number of carboxylic acids is 1. The van der Waals surface area contributed by atoms with Crippen LogP contribution in [0.3, 0.4) is 0 Å². The van der Waals surface area contributed by atoms with Crippen molar-refractivity contribution in [3.8, 4) is 0 Å². The highest BCUT2D eigenvalue weighted by molar-refractivity contribution is 5.91. The van der Waals surface area contributed by atoms with Crippen LogP contribution in [0.25, 0.3) is 0 Å². The molecular weight excluding hydrogens is 262 g/mol. The summed E-state index contributed by atoms with van der Waals surface area (Å²) in [5.41, 5.74) is 0. The number of amides is 2. The van der Waals surface area contributed by atoms with Crippen LogP contribution in [0.1, 0.15) is 19.8 Å². The van der Waals surface area contributed by atoms with Gasteiger partial charge in [0.1, 0.15) is 6.04 Å². The fraction of sp³-hybridized carbons (Fsp3) is 0.769. The Morgan fingerprint density at radius 3 is 2.70 bits per heavy atom. The van der Waals surface area contributed by atoms with Gasteiger partial charge < -0.3 is 20.2 Å². The molecule has 7 nitrogen and oxygen atoms in total. The van der Waals surface area contributed by atoms with E-state index in [1.54, 1.807) is 4.90 Å². The minimum Gasteiger partial charge on any atom is -0.480 e. The number of carbonyl (C=O) groups excluding carboxylic acids is 2. The average Bonchev–Trinajstić information content (AvgIpc) is 2.70. The molecule has 20 heavy (non-hydrogen) atoms. The normalized spacial score (nSPS) is 20.3. The molecule has 0 aromatic rings. The van der Waals surface area contributed by atoms with Crippen LogP contribution in [-0.4, -0.2) is 72.5 Å². The van der Waals surface area contributed by atoms with Crippen LogP contribution < -0.4 is 5.32 Å². The van der Waals surface area contributed by atoms with Crippen molar-refractivity contribution >= 4 is 17.8 Å². The molecule has 0 aliphatic carbocycles. The molecule has 0 aromatic carbocycles. The summed E-state index contributed by atoms with van der Waals surface area (Å²) in [5, 5.41) is 11.2. The van der Waals surface area contributed by atoms with E-state index in [1.807, 2.05) is 19.0 Å². The van der Waals surface area contributed by atoms with E-state index in [-0.39, 0.29) is 18.2 Å². The van der Waals surface area contributed by atoms with Crippen LogP contribution in [0.15, 0.2) is 0 Å². The molecule has 7 heteroatoms. The Bertz CT molecular complexity index is 384. The summed E-state index contributed by atoms with van der Waals surface area (Å²) in [6, 6.07) is -0.930. The fourth-order valence-corrected chi connectivity index (χ4v) is 2.13. The summed E-state index contributed by atoms with van der Waals surface area (Å²) in [5.74, 6) is -1.91. The third-order valence-corrected chi connectivity index (χ3v) is 3.35. The topological polar surface area (TPSA) is 90.0 Å². The van der Waals surface area contributed by atoms with Crippen LogP contribution in [-0.2, 0) is 14.4 Å². The number of carbonyl (C=O) groups is 3. The number of nitrogens with zero attached hydrogens (tertiary/aromatic N) is 2. The van der Waals surface area contributed by atoms with Crippen molar-refractivity contribution in [1.29, 1.82) is 0 Å². The van der Waals surface area contributed by atoms with E-state index >= 15 is 0 Å². The zero-order valence-corrected chi connectivity index (χ0v) is 12.3. The highest BCUT2D eigenvalue weighted by Gasteiger charge is 2.34. The van der Waals surface area contributed by atoms with Crippen LogP contribution in [0.5, 0.6) is 0 Å². The third-order valence-electron chi connectivity index (χ3n) is 3.35. The van der Waals surface area contributed by atoms with Gasteiger partial charge in [0.2, 0.25) is 11.8 Å². The maximum atomic E-state index is 11.9. The molecule has 0 aromatic heterocycles. The molecule has 1 rings (SSSR count). The van der Waals surface area contributed by atoms with Crippen molar-refractivity contribution in [3.63, 3.8) is 0 Å². The van der Waals surface area contributed by atoms with Crippen molar-refractivity contribution in [3.05, 3.63) is 0 Å². The zero-order chi connectivity index (χ0) is 15.3. The second-order valence-corrected chi connectivity index (χ2v) is 5.47. The predicted octanol–water partition coefficient (Wildman–Crippen LogP) is -0.624. The smallest absolute Gasteiger partial charge is 0.325 e. The molecule has 2 N–H and O–H groups in total. The van der Waals surface area contributed by atoms with Gasteiger partial charge in [-0.05, 0) is 34.0 Å². The quantitative estimate of drug-likeness (QED) is 0.650. The highest BCUT2D eigenvalue weighted by Crippen LogP contribution is 2.18. The van der Waals surface area contributed by atoms with Gasteiger partial charge in [-0.15, -0.1) is 0 Å². The number of nitrogens with one attached hydrogen (secondary N) is 1. The van der Waals surface area contributed by atoms with Gasteiger partial charge in [-0.2, -0.15) is 0 Å². The Morgan fingerprint density at radius 2 is 2.15 bits per heavy atom. The molecule has 2 amide bonds. The highest BCUT2D eigenvalue weighted by atomic mass is 16.4. The van der Waals surface area contributed by atoms with Gasteiger partial charge in [0.15, 0.2) is 0 Å². The van der Waals surface area contributed by atoms with E-state index < -0.39 is 17.9 Å². The zero-order valence-electron chi connectivity index (χ0n) is 12.3. The lowest BCUT2D eigenvalue weighted by Gasteiger charge is -2.18. The summed E-state index contributed by atoms with van der Waals surface area (Å²) in [4.78, 5) is 38.1. The standard InChI is InChI=1S/C13H23N3O4/c1-9(13(19)20)14-12(18)10-7-11(17)16(8-10)6-4-5-15(2)3/h9-10H,4-8H2,1-3H3,(H,14,18)(H,19,20). The van der Waals surface area contributed by atoms with Crippen LogP contribution >= 0.6 is 0 Å². The lowest BCUT2D eigenvalue weighted by molar-refractivity contribution is -0.141. The van der Waals surface area contributed by atoms with Crippen LogP contribution in [0.4, 0.5) is 0 Å². The molecule has 2 atom stereocenters. The van der Waals surface area contributed by atoms with E-state index in [4.69, 9.17) is 5.11 Å². The number of rotatable bonds is 7. The molecule has 2 unspecified atom stereocenters. The second kappa shape index (κ2) is 7.23. The number of carboxylic acid groups (broad SMARTS) is 1. The lowest BCUT2D eigenvalue weighted by atomic mass is 10.1. The molecule has 0 bridgehead atoms. The Hall–Kier alpha value is -1.63. The summed E-state index contributed by atoms with van der Waals surface area (Å²) >= 11 is 0. The molecule has 1 aliphatic rings. The summed E-state index contributed by atoms with van der Waals surface area (Å²) in [6.45, 7) is 3.31. The molecular formula is C13H23N3O4. The number of aliphatic carboxylic acids is 1. The van der Waals surface area contributed by atoms with Gasteiger partial charge in [0.25, 0.3) is 0 Å². The van der Waals surface area contributed by atoms with Crippen LogP contribution in [0.2, 0.25) is 0 Å². The Morgan fingerprint density at radius 1 is 1.50 bits per heavy atom. The van der Waals surface area contributed by atoms with E-state index in [2.05, 4.69) is 5.32 Å². The summed E-state index contributed by atoms with van der Waals surface area (Å²) < 4.78 is 0. The molecule has 0 spiro atoms. The van der Waals surface area contributed by atoms with E-state index in [9.17, 15) is 14.4 Å².